The molecule has 0 aliphatic rings. The molecule has 0 spiro atoms. The molecule has 4 rings (SSSR count). The zero-order chi connectivity index (χ0) is 31.1. The van der Waals surface area contributed by atoms with Crippen LogP contribution in [0.2, 0.25) is 0 Å². The molecule has 0 aliphatic carbocycles. The number of sulfonamides is 1. The summed E-state index contributed by atoms with van der Waals surface area (Å²) >= 11 is 0. The van der Waals surface area contributed by atoms with Gasteiger partial charge in [0.1, 0.15) is 5.75 Å². The minimum Gasteiger partial charge on any atom is -0.496 e. The molecule has 2 N–H and O–H groups in total. The third-order valence-corrected chi connectivity index (χ3v) is 9.00. The number of benzene rings is 3. The number of hydrogen-bond acceptors (Lipinski definition) is 5. The van der Waals surface area contributed by atoms with Gasteiger partial charge in [-0.2, -0.15) is 0 Å². The second-order valence-corrected chi connectivity index (χ2v) is 12.4. The van der Waals surface area contributed by atoms with Crippen molar-refractivity contribution in [3.63, 3.8) is 0 Å². The fourth-order valence-electron chi connectivity index (χ4n) is 5.20. The summed E-state index contributed by atoms with van der Waals surface area (Å²) < 4.78 is 33.8. The number of methoxy groups -OCH3 is 1. The van der Waals surface area contributed by atoms with Crippen LogP contribution in [0.3, 0.4) is 0 Å². The minimum atomic E-state index is -4.04. The Hall–Kier alpha value is -4.37. The quantitative estimate of drug-likeness (QED) is 0.195. The first kappa shape index (κ1) is 31.6. The summed E-state index contributed by atoms with van der Waals surface area (Å²) in [5, 5.41) is 1.08. The lowest BCUT2D eigenvalue weighted by Crippen LogP contribution is -2.31. The molecule has 0 saturated heterocycles. The molecular weight excluding hydrogens is 562 g/mol. The average molecular weight is 602 g/mol. The van der Waals surface area contributed by atoms with Crippen molar-refractivity contribution < 1.29 is 22.7 Å². The van der Waals surface area contributed by atoms with E-state index >= 15 is 0 Å². The molecule has 0 saturated carbocycles. The number of amides is 2. The lowest BCUT2D eigenvalue weighted by atomic mass is 9.86. The van der Waals surface area contributed by atoms with Gasteiger partial charge in [0, 0.05) is 54.7 Å². The average Bonchev–Trinajstić information content (AvgIpc) is 3.40. The van der Waals surface area contributed by atoms with Gasteiger partial charge in [0.25, 0.3) is 15.9 Å². The Bertz CT molecular complexity index is 1750. The van der Waals surface area contributed by atoms with E-state index in [2.05, 4.69) is 22.7 Å². The largest absolute Gasteiger partial charge is 0.496 e. The van der Waals surface area contributed by atoms with E-state index < -0.39 is 15.9 Å². The molecule has 226 valence electrons. The summed E-state index contributed by atoms with van der Waals surface area (Å²) in [4.78, 5) is 30.0. The summed E-state index contributed by atoms with van der Waals surface area (Å²) in [7, 11) is 1.02. The van der Waals surface area contributed by atoms with Gasteiger partial charge in [0.05, 0.1) is 12.0 Å². The fraction of sp³-hybridized carbons (Fsp3) is 0.294. The number of allylic oxidation sites excluding steroid dienone is 1. The topological polar surface area (TPSA) is 109 Å². The van der Waals surface area contributed by atoms with Crippen LogP contribution in [0.5, 0.6) is 5.75 Å². The maximum absolute atomic E-state index is 13.1. The molecule has 3 aromatic carbocycles. The van der Waals surface area contributed by atoms with E-state index in [4.69, 9.17) is 4.74 Å². The highest BCUT2D eigenvalue weighted by Gasteiger charge is 2.24. The minimum absolute atomic E-state index is 0.0292. The van der Waals surface area contributed by atoms with E-state index in [1.165, 1.54) is 6.07 Å². The SMILES string of the molecule is CCCC(c1ccc(C(=O)NS(=O)(=O)c2ccccc2C)cc1OC)c1c[nH]c2ccc(C=CCCC(=O)N(C)C)cc12. The number of H-pyrrole nitrogens is 1. The van der Waals surface area contributed by atoms with E-state index in [0.717, 1.165) is 40.4 Å². The van der Waals surface area contributed by atoms with Crippen molar-refractivity contribution in [3.8, 4) is 5.75 Å². The van der Waals surface area contributed by atoms with E-state index in [9.17, 15) is 18.0 Å². The van der Waals surface area contributed by atoms with Gasteiger partial charge in [-0.05, 0) is 66.8 Å². The van der Waals surface area contributed by atoms with Crippen LogP contribution in [-0.4, -0.2) is 51.3 Å². The Balaban J connectivity index is 1.62. The maximum Gasteiger partial charge on any atom is 0.265 e. The van der Waals surface area contributed by atoms with Crippen molar-refractivity contribution in [2.75, 3.05) is 21.2 Å². The normalized spacial score (nSPS) is 12.4. The van der Waals surface area contributed by atoms with Crippen molar-refractivity contribution in [2.24, 2.45) is 0 Å². The molecule has 4 aromatic rings. The summed E-state index contributed by atoms with van der Waals surface area (Å²) in [6.07, 6.45) is 8.95. The molecule has 0 fully saturated rings. The van der Waals surface area contributed by atoms with Crippen LogP contribution in [-0.2, 0) is 14.8 Å². The van der Waals surface area contributed by atoms with Crippen molar-refractivity contribution in [2.45, 2.75) is 50.3 Å². The molecule has 2 amide bonds. The molecule has 9 heteroatoms. The molecular formula is C34H39N3O5S. The molecule has 0 radical (unpaired) electrons. The van der Waals surface area contributed by atoms with Crippen LogP contribution >= 0.6 is 0 Å². The first-order valence-electron chi connectivity index (χ1n) is 14.3. The molecule has 43 heavy (non-hydrogen) atoms. The lowest BCUT2D eigenvalue weighted by Gasteiger charge is -2.20. The highest BCUT2D eigenvalue weighted by molar-refractivity contribution is 7.90. The number of hydrogen-bond donors (Lipinski definition) is 2. The van der Waals surface area contributed by atoms with Gasteiger partial charge in [-0.3, -0.25) is 9.59 Å². The van der Waals surface area contributed by atoms with E-state index in [0.29, 0.717) is 24.2 Å². The molecule has 0 bridgehead atoms. The molecule has 1 aromatic heterocycles. The first-order chi connectivity index (χ1) is 20.6. The first-order valence-corrected chi connectivity index (χ1v) is 15.8. The van der Waals surface area contributed by atoms with Crippen LogP contribution in [0.1, 0.15) is 71.1 Å². The van der Waals surface area contributed by atoms with Gasteiger partial charge in [-0.25, -0.2) is 13.1 Å². The van der Waals surface area contributed by atoms with Crippen molar-refractivity contribution in [1.82, 2.24) is 14.6 Å². The highest BCUT2D eigenvalue weighted by atomic mass is 32.2. The van der Waals surface area contributed by atoms with Crippen molar-refractivity contribution >= 4 is 38.8 Å². The molecule has 1 heterocycles. The zero-order valence-electron chi connectivity index (χ0n) is 25.3. The Labute approximate surface area is 253 Å². The van der Waals surface area contributed by atoms with Crippen LogP contribution < -0.4 is 9.46 Å². The Morgan fingerprint density at radius 2 is 1.81 bits per heavy atom. The second kappa shape index (κ2) is 13.7. The second-order valence-electron chi connectivity index (χ2n) is 10.8. The number of nitrogens with zero attached hydrogens (tertiary/aromatic N) is 1. The predicted octanol–water partition coefficient (Wildman–Crippen LogP) is 6.42. The summed E-state index contributed by atoms with van der Waals surface area (Å²) in [6.45, 7) is 3.80. The van der Waals surface area contributed by atoms with Crippen molar-refractivity contribution in [3.05, 3.63) is 101 Å². The Morgan fingerprint density at radius 3 is 2.51 bits per heavy atom. The third kappa shape index (κ3) is 7.35. The number of aryl methyl sites for hydroxylation is 1. The van der Waals surface area contributed by atoms with E-state index in [-0.39, 0.29) is 22.3 Å². The number of aromatic nitrogens is 1. The fourth-order valence-corrected chi connectivity index (χ4v) is 6.42. The zero-order valence-corrected chi connectivity index (χ0v) is 26.1. The summed E-state index contributed by atoms with van der Waals surface area (Å²) in [6, 6.07) is 17.8. The predicted molar refractivity (Wildman–Crippen MR) is 171 cm³/mol. The van der Waals surface area contributed by atoms with Gasteiger partial charge in [-0.15, -0.1) is 0 Å². The molecule has 0 aliphatic heterocycles. The molecule has 1 unspecified atom stereocenters. The van der Waals surface area contributed by atoms with Crippen LogP contribution in [0.4, 0.5) is 0 Å². The van der Waals surface area contributed by atoms with E-state index in [1.54, 1.807) is 63.4 Å². The van der Waals surface area contributed by atoms with Crippen LogP contribution in [0, 0.1) is 6.92 Å². The lowest BCUT2D eigenvalue weighted by molar-refractivity contribution is -0.128. The number of rotatable bonds is 12. The van der Waals surface area contributed by atoms with Crippen LogP contribution in [0.25, 0.3) is 17.0 Å². The number of carbonyl (C=O) groups is 2. The maximum atomic E-state index is 13.1. The summed E-state index contributed by atoms with van der Waals surface area (Å²) in [5.74, 6) is -0.148. The number of aromatic amines is 1. The third-order valence-electron chi connectivity index (χ3n) is 7.51. The number of ether oxygens (including phenoxy) is 1. The Kier molecular flexibility index (Phi) is 10.1. The number of nitrogens with one attached hydrogen (secondary N) is 2. The highest BCUT2D eigenvalue weighted by Crippen LogP contribution is 2.39. The van der Waals surface area contributed by atoms with Gasteiger partial charge in [0.2, 0.25) is 5.91 Å². The van der Waals surface area contributed by atoms with Gasteiger partial charge in [-0.1, -0.05) is 55.8 Å². The molecule has 1 atom stereocenters. The summed E-state index contributed by atoms with van der Waals surface area (Å²) in [5.41, 5.74) is 4.79. The number of fused-ring (bicyclic) bond motifs is 1. The van der Waals surface area contributed by atoms with Crippen molar-refractivity contribution in [1.29, 1.82) is 0 Å². The van der Waals surface area contributed by atoms with Gasteiger partial charge >= 0.3 is 0 Å². The van der Waals surface area contributed by atoms with Crippen LogP contribution in [0.15, 0.2) is 77.8 Å². The Morgan fingerprint density at radius 1 is 1.05 bits per heavy atom. The smallest absolute Gasteiger partial charge is 0.265 e. The molecule has 8 nitrogen and oxygen atoms in total. The number of carbonyl (C=O) groups excluding carboxylic acids is 2. The van der Waals surface area contributed by atoms with E-state index in [1.807, 2.05) is 36.5 Å². The van der Waals surface area contributed by atoms with Gasteiger partial charge < -0.3 is 14.6 Å². The van der Waals surface area contributed by atoms with Gasteiger partial charge in [0.15, 0.2) is 0 Å². The standard InChI is InChI=1S/C34H39N3O5S/c1-6-11-26(29-22-35-30-19-16-24(20-28(29)30)13-8-10-15-33(38)37(3)4)27-18-17-25(21-31(27)42-5)34(39)36-43(40,41)32-14-9-7-12-23(32)2/h7-9,12-14,16-22,26,35H,6,10-11,15H2,1-5H3,(H,36,39). The monoisotopic (exact) mass is 601 g/mol.